The number of nitrogens with zero attached hydrogens (tertiary/aromatic N) is 5. The molecule has 0 saturated heterocycles. The number of rotatable bonds is 6. The first kappa shape index (κ1) is 19.5. The molecule has 0 aromatic carbocycles. The number of methoxy groups -OCH3 is 1. The molecule has 0 aliphatic heterocycles. The van der Waals surface area contributed by atoms with Gasteiger partial charge >= 0.3 is 6.18 Å². The van der Waals surface area contributed by atoms with Crippen LogP contribution in [0, 0.1) is 11.7 Å². The number of fused-ring (bicyclic) bond motifs is 1. The van der Waals surface area contributed by atoms with E-state index in [0.717, 1.165) is 6.07 Å². The molecule has 1 aliphatic carbocycles. The molecule has 29 heavy (non-hydrogen) atoms. The number of pyridine rings is 1. The van der Waals surface area contributed by atoms with E-state index in [0.29, 0.717) is 30.0 Å². The standard InChI is InChI=1S/C18H17F4N5O2/c1-9(28-2)16-26-25-14-7-23-13(8-27(14)16)11-5-12(19)17(24-6-11)29-15(10-3-4-10)18(20,21)22/h5-10,15H,3-4H2,1-2H3/t9-,15+/m1/s1. The fourth-order valence-corrected chi connectivity index (χ4v) is 2.95. The Balaban J connectivity index is 1.64. The van der Waals surface area contributed by atoms with Gasteiger partial charge in [-0.15, -0.1) is 10.2 Å². The van der Waals surface area contributed by atoms with Crippen molar-refractivity contribution in [3.63, 3.8) is 0 Å². The van der Waals surface area contributed by atoms with Crippen molar-refractivity contribution in [2.75, 3.05) is 7.11 Å². The maximum atomic E-state index is 14.4. The van der Waals surface area contributed by atoms with Crippen molar-refractivity contribution in [1.82, 2.24) is 24.6 Å². The summed E-state index contributed by atoms with van der Waals surface area (Å²) in [5, 5.41) is 8.03. The molecule has 154 valence electrons. The van der Waals surface area contributed by atoms with Crippen molar-refractivity contribution in [2.24, 2.45) is 5.92 Å². The minimum absolute atomic E-state index is 0.274. The summed E-state index contributed by atoms with van der Waals surface area (Å²) in [4.78, 5) is 7.95. The highest BCUT2D eigenvalue weighted by atomic mass is 19.4. The molecule has 3 aromatic rings. The molecule has 0 N–H and O–H groups in total. The Morgan fingerprint density at radius 3 is 2.55 bits per heavy atom. The second kappa shape index (κ2) is 7.21. The van der Waals surface area contributed by atoms with Gasteiger partial charge in [-0.25, -0.2) is 9.37 Å². The number of aromatic nitrogens is 5. The van der Waals surface area contributed by atoms with E-state index < -0.39 is 29.9 Å². The van der Waals surface area contributed by atoms with Crippen molar-refractivity contribution < 1.29 is 27.0 Å². The Kier molecular flexibility index (Phi) is 4.85. The van der Waals surface area contributed by atoms with Crippen molar-refractivity contribution in [2.45, 2.75) is 38.1 Å². The van der Waals surface area contributed by atoms with Crippen LogP contribution in [-0.2, 0) is 4.74 Å². The minimum Gasteiger partial charge on any atom is -0.462 e. The summed E-state index contributed by atoms with van der Waals surface area (Å²) in [6.45, 7) is 1.79. The summed E-state index contributed by atoms with van der Waals surface area (Å²) in [5.74, 6) is -1.80. The van der Waals surface area contributed by atoms with Crippen LogP contribution in [0.5, 0.6) is 5.88 Å². The monoisotopic (exact) mass is 411 g/mol. The molecular weight excluding hydrogens is 394 g/mol. The summed E-state index contributed by atoms with van der Waals surface area (Å²) in [6, 6.07) is 1.04. The lowest BCUT2D eigenvalue weighted by Gasteiger charge is -2.21. The van der Waals surface area contributed by atoms with E-state index in [9.17, 15) is 17.6 Å². The normalized spacial score (nSPS) is 16.8. The molecule has 1 aliphatic rings. The van der Waals surface area contributed by atoms with Gasteiger partial charge in [0.25, 0.3) is 5.88 Å². The van der Waals surface area contributed by atoms with Crippen molar-refractivity contribution in [3.8, 4) is 17.1 Å². The van der Waals surface area contributed by atoms with Crippen LogP contribution in [-0.4, -0.2) is 44.0 Å². The number of alkyl halides is 3. The zero-order chi connectivity index (χ0) is 20.8. The predicted molar refractivity (Wildman–Crippen MR) is 92.6 cm³/mol. The van der Waals surface area contributed by atoms with E-state index in [-0.39, 0.29) is 11.7 Å². The highest BCUT2D eigenvalue weighted by Gasteiger charge is 2.51. The molecule has 1 fully saturated rings. The van der Waals surface area contributed by atoms with Crippen molar-refractivity contribution in [3.05, 3.63) is 36.3 Å². The lowest BCUT2D eigenvalue weighted by Crippen LogP contribution is -2.36. The quantitative estimate of drug-likeness (QED) is 0.575. The van der Waals surface area contributed by atoms with E-state index >= 15 is 0 Å². The summed E-state index contributed by atoms with van der Waals surface area (Å²) in [6.07, 6.45) is -1.93. The maximum Gasteiger partial charge on any atom is 0.425 e. The van der Waals surface area contributed by atoms with Gasteiger partial charge in [0.05, 0.1) is 11.9 Å². The van der Waals surface area contributed by atoms with Crippen LogP contribution >= 0.6 is 0 Å². The number of ether oxygens (including phenoxy) is 2. The first-order valence-electron chi connectivity index (χ1n) is 8.90. The third kappa shape index (κ3) is 3.86. The van der Waals surface area contributed by atoms with E-state index in [1.165, 1.54) is 19.5 Å². The number of hydrogen-bond donors (Lipinski definition) is 0. The number of halogens is 4. The fourth-order valence-electron chi connectivity index (χ4n) is 2.95. The summed E-state index contributed by atoms with van der Waals surface area (Å²) >= 11 is 0. The van der Waals surface area contributed by atoms with E-state index in [2.05, 4.69) is 20.2 Å². The summed E-state index contributed by atoms with van der Waals surface area (Å²) in [5.41, 5.74) is 1.09. The molecule has 1 saturated carbocycles. The SMILES string of the molecule is CO[C@H](C)c1nnc2cnc(-c3cnc(O[C@@H](C4CC4)C(F)(F)F)c(F)c3)cn12. The van der Waals surface area contributed by atoms with Gasteiger partial charge in [0.15, 0.2) is 23.4 Å². The van der Waals surface area contributed by atoms with Crippen molar-refractivity contribution >= 4 is 5.65 Å². The molecule has 2 atom stereocenters. The predicted octanol–water partition coefficient (Wildman–Crippen LogP) is 3.75. The Hall–Kier alpha value is -2.82. The first-order chi connectivity index (χ1) is 13.8. The fraction of sp³-hybridized carbons (Fsp3) is 0.444. The van der Waals surface area contributed by atoms with Crippen LogP contribution in [0.25, 0.3) is 16.9 Å². The highest BCUT2D eigenvalue weighted by molar-refractivity contribution is 5.59. The maximum absolute atomic E-state index is 14.4. The van der Waals surface area contributed by atoms with E-state index in [4.69, 9.17) is 9.47 Å². The Morgan fingerprint density at radius 2 is 1.93 bits per heavy atom. The zero-order valence-electron chi connectivity index (χ0n) is 15.5. The van der Waals surface area contributed by atoms with Gasteiger partial charge in [-0.2, -0.15) is 13.2 Å². The average molecular weight is 411 g/mol. The lowest BCUT2D eigenvalue weighted by atomic mass is 10.2. The molecule has 3 aromatic heterocycles. The van der Waals surface area contributed by atoms with Gasteiger partial charge in [0.2, 0.25) is 0 Å². The molecule has 0 unspecified atom stereocenters. The molecular formula is C18H17F4N5O2. The largest absolute Gasteiger partial charge is 0.462 e. The zero-order valence-corrected chi connectivity index (χ0v) is 15.5. The van der Waals surface area contributed by atoms with Gasteiger partial charge in [-0.1, -0.05) is 0 Å². The average Bonchev–Trinajstić information content (AvgIpc) is 3.43. The molecule has 11 heteroatoms. The summed E-state index contributed by atoms with van der Waals surface area (Å²) in [7, 11) is 1.53. The first-order valence-corrected chi connectivity index (χ1v) is 8.90. The molecule has 0 spiro atoms. The smallest absolute Gasteiger partial charge is 0.425 e. The second-order valence-electron chi connectivity index (χ2n) is 6.87. The third-order valence-electron chi connectivity index (χ3n) is 4.75. The van der Waals surface area contributed by atoms with E-state index in [1.807, 2.05) is 0 Å². The molecule has 4 rings (SSSR count). The van der Waals surface area contributed by atoms with Crippen molar-refractivity contribution in [1.29, 1.82) is 0 Å². The highest BCUT2D eigenvalue weighted by Crippen LogP contribution is 2.42. The van der Waals surface area contributed by atoms with Gasteiger partial charge in [-0.3, -0.25) is 9.38 Å². The molecule has 7 nitrogen and oxygen atoms in total. The van der Waals surface area contributed by atoms with Crippen LogP contribution in [0.1, 0.15) is 31.7 Å². The second-order valence-corrected chi connectivity index (χ2v) is 6.87. The van der Waals surface area contributed by atoms with Crippen LogP contribution < -0.4 is 4.74 Å². The van der Waals surface area contributed by atoms with E-state index in [1.54, 1.807) is 17.5 Å². The minimum atomic E-state index is -4.58. The topological polar surface area (TPSA) is 74.4 Å². The Labute approximate surface area is 162 Å². The van der Waals surface area contributed by atoms with Crippen LogP contribution in [0.2, 0.25) is 0 Å². The van der Waals surface area contributed by atoms with Gasteiger partial charge in [-0.05, 0) is 25.8 Å². The van der Waals surface area contributed by atoms with Gasteiger partial charge in [0.1, 0.15) is 6.10 Å². The Morgan fingerprint density at radius 1 is 1.17 bits per heavy atom. The molecule has 3 heterocycles. The third-order valence-corrected chi connectivity index (χ3v) is 4.75. The molecule has 0 bridgehead atoms. The van der Waals surface area contributed by atoms with Gasteiger partial charge < -0.3 is 9.47 Å². The lowest BCUT2D eigenvalue weighted by molar-refractivity contribution is -0.202. The van der Waals surface area contributed by atoms with Gasteiger partial charge in [0, 0.05) is 31.0 Å². The van der Waals surface area contributed by atoms with Crippen LogP contribution in [0.4, 0.5) is 17.6 Å². The van der Waals surface area contributed by atoms with Crippen LogP contribution in [0.3, 0.4) is 0 Å². The van der Waals surface area contributed by atoms with Crippen LogP contribution in [0.15, 0.2) is 24.7 Å². The summed E-state index contributed by atoms with van der Waals surface area (Å²) < 4.78 is 65.6. The molecule has 0 amide bonds. The molecule has 0 radical (unpaired) electrons. The Bertz CT molecular complexity index is 1030. The number of hydrogen-bond acceptors (Lipinski definition) is 6.